The van der Waals surface area contributed by atoms with Crippen molar-refractivity contribution in [1.82, 2.24) is 9.78 Å². The summed E-state index contributed by atoms with van der Waals surface area (Å²) in [7, 11) is 1.75. The molecule has 0 spiro atoms. The van der Waals surface area contributed by atoms with E-state index in [2.05, 4.69) is 86.5 Å². The number of benzene rings is 5. The summed E-state index contributed by atoms with van der Waals surface area (Å²) >= 11 is 23.1. The molecule has 0 amide bonds. The maximum Gasteiger partial charge on any atom is 0.155 e. The standard InChI is InChI=1S/C13H10Cl2O.C11H10.C7H12.C7H8.C5H6Cl2N2.C2H6/c1-9-2-5-11(6-3-9)16-13-7-4-10(14)8-12(13)15;1-9-6-7-10-4-2-3-5-11(10)8-9;2*1-7-5-3-2-4-6-7;1-3-4(6)8-9(2)5(3)7;1-2/h2-8H,1H3;2-8H,1H3;5H,2-4,6H2,1H3;2-6H,1H3;1-2H3;1-2H3. The Morgan fingerprint density at radius 3 is 1.67 bits per heavy atom. The number of aryl methyl sites for hydroxylation is 4. The van der Waals surface area contributed by atoms with Crippen LogP contribution in [0.4, 0.5) is 0 Å². The topological polar surface area (TPSA) is 27.1 Å². The van der Waals surface area contributed by atoms with Gasteiger partial charge in [0, 0.05) is 17.6 Å². The highest BCUT2D eigenvalue weighted by Gasteiger charge is 2.06. The fourth-order valence-electron chi connectivity index (χ4n) is 4.71. The van der Waals surface area contributed by atoms with Crippen LogP contribution in [-0.4, -0.2) is 9.78 Å². The van der Waals surface area contributed by atoms with Gasteiger partial charge in [-0.15, -0.1) is 0 Å². The molecule has 276 valence electrons. The van der Waals surface area contributed by atoms with Crippen molar-refractivity contribution in [3.8, 4) is 11.5 Å². The van der Waals surface area contributed by atoms with E-state index in [1.54, 1.807) is 35.5 Å². The number of halogens is 4. The molecule has 0 N–H and O–H groups in total. The van der Waals surface area contributed by atoms with Crippen molar-refractivity contribution in [2.24, 2.45) is 7.05 Å². The summed E-state index contributed by atoms with van der Waals surface area (Å²) in [4.78, 5) is 0. The normalized spacial score (nSPS) is 11.3. The number of rotatable bonds is 2. The number of allylic oxidation sites excluding steroid dienone is 2. The Bertz CT molecular complexity index is 1910. The quantitative estimate of drug-likeness (QED) is 0.164. The highest BCUT2D eigenvalue weighted by Crippen LogP contribution is 2.31. The number of ether oxygens (including phenoxy) is 1. The van der Waals surface area contributed by atoms with Gasteiger partial charge in [-0.1, -0.05) is 174 Å². The molecule has 0 saturated carbocycles. The lowest BCUT2D eigenvalue weighted by Crippen LogP contribution is -1.88. The van der Waals surface area contributed by atoms with Crippen molar-refractivity contribution < 1.29 is 4.74 Å². The molecule has 0 atom stereocenters. The molecule has 1 heterocycles. The molecular weight excluding hydrogens is 726 g/mol. The van der Waals surface area contributed by atoms with Crippen molar-refractivity contribution in [3.63, 3.8) is 0 Å². The molecule has 7 heteroatoms. The Kier molecular flexibility index (Phi) is 20.9. The van der Waals surface area contributed by atoms with Crippen LogP contribution in [0.15, 0.2) is 127 Å². The molecule has 52 heavy (non-hydrogen) atoms. The lowest BCUT2D eigenvalue weighted by Gasteiger charge is -2.07. The molecule has 1 aliphatic carbocycles. The Hall–Kier alpha value is -3.73. The predicted molar refractivity (Wildman–Crippen MR) is 229 cm³/mol. The van der Waals surface area contributed by atoms with Gasteiger partial charge in [0.1, 0.15) is 16.7 Å². The molecule has 0 fully saturated rings. The van der Waals surface area contributed by atoms with Crippen LogP contribution in [0.1, 0.15) is 68.7 Å². The largest absolute Gasteiger partial charge is 0.456 e. The van der Waals surface area contributed by atoms with E-state index in [4.69, 9.17) is 51.1 Å². The first kappa shape index (κ1) is 44.4. The fraction of sp³-hybridized carbons (Fsp3) is 0.267. The van der Waals surface area contributed by atoms with Crippen LogP contribution in [0.25, 0.3) is 10.8 Å². The average molecular weight is 779 g/mol. The zero-order valence-electron chi connectivity index (χ0n) is 31.7. The fourth-order valence-corrected chi connectivity index (χ4v) is 5.54. The zero-order valence-corrected chi connectivity index (χ0v) is 34.7. The Morgan fingerprint density at radius 2 is 1.21 bits per heavy atom. The maximum atomic E-state index is 6.00. The first-order valence-corrected chi connectivity index (χ1v) is 19.1. The third-order valence-electron chi connectivity index (χ3n) is 7.65. The minimum Gasteiger partial charge on any atom is -0.456 e. The van der Waals surface area contributed by atoms with Crippen LogP contribution in [-0.2, 0) is 7.05 Å². The van der Waals surface area contributed by atoms with Gasteiger partial charge >= 0.3 is 0 Å². The lowest BCUT2D eigenvalue weighted by molar-refractivity contribution is 0.483. The van der Waals surface area contributed by atoms with Gasteiger partial charge in [0.2, 0.25) is 0 Å². The van der Waals surface area contributed by atoms with Gasteiger partial charge in [0.05, 0.1) is 5.02 Å². The summed E-state index contributed by atoms with van der Waals surface area (Å²) in [5.74, 6) is 1.37. The van der Waals surface area contributed by atoms with E-state index in [0.717, 1.165) is 11.3 Å². The van der Waals surface area contributed by atoms with E-state index in [9.17, 15) is 0 Å². The third kappa shape index (κ3) is 16.7. The molecule has 0 radical (unpaired) electrons. The molecule has 1 aliphatic rings. The summed E-state index contributed by atoms with van der Waals surface area (Å²) in [6.07, 6.45) is 7.86. The van der Waals surface area contributed by atoms with Crippen LogP contribution in [0, 0.1) is 27.7 Å². The maximum absolute atomic E-state index is 6.00. The highest BCUT2D eigenvalue weighted by molar-refractivity contribution is 6.35. The third-order valence-corrected chi connectivity index (χ3v) is 9.06. The van der Waals surface area contributed by atoms with Crippen molar-refractivity contribution >= 4 is 57.2 Å². The molecule has 3 nitrogen and oxygen atoms in total. The molecular formula is C45H52Cl4N2O. The minimum absolute atomic E-state index is 0.475. The molecule has 5 aromatic carbocycles. The second-order valence-corrected chi connectivity index (χ2v) is 13.7. The van der Waals surface area contributed by atoms with Crippen molar-refractivity contribution in [2.45, 2.75) is 74.1 Å². The molecule has 7 rings (SSSR count). The molecule has 0 bridgehead atoms. The van der Waals surface area contributed by atoms with E-state index in [-0.39, 0.29) is 0 Å². The van der Waals surface area contributed by atoms with Crippen molar-refractivity contribution in [3.05, 3.63) is 170 Å². The summed E-state index contributed by atoms with van der Waals surface area (Å²) in [6, 6.07) is 38.1. The lowest BCUT2D eigenvalue weighted by atomic mass is 10.0. The van der Waals surface area contributed by atoms with E-state index >= 15 is 0 Å². The molecule has 1 aromatic heterocycles. The van der Waals surface area contributed by atoms with Crippen molar-refractivity contribution in [1.29, 1.82) is 0 Å². The molecule has 0 unspecified atom stereocenters. The number of fused-ring (bicyclic) bond motifs is 1. The minimum atomic E-state index is 0.475. The SMILES string of the molecule is CC.CC1=CCCCC1.Cc1c(Cl)nn(C)c1Cl.Cc1ccc(Oc2ccc(Cl)cc2Cl)cc1.Cc1ccc2ccccc2c1.Cc1ccccc1. The van der Waals surface area contributed by atoms with Gasteiger partial charge < -0.3 is 4.74 Å². The summed E-state index contributed by atoms with van der Waals surface area (Å²) in [5, 5.41) is 8.68. The van der Waals surface area contributed by atoms with Gasteiger partial charge in [0.15, 0.2) is 5.15 Å². The smallest absolute Gasteiger partial charge is 0.155 e. The first-order chi connectivity index (χ1) is 24.9. The van der Waals surface area contributed by atoms with Gasteiger partial charge in [-0.2, -0.15) is 5.10 Å². The van der Waals surface area contributed by atoms with E-state index in [1.807, 2.05) is 70.2 Å². The number of hydrogen-bond acceptors (Lipinski definition) is 2. The van der Waals surface area contributed by atoms with Crippen LogP contribution < -0.4 is 4.74 Å². The first-order valence-electron chi connectivity index (χ1n) is 17.6. The van der Waals surface area contributed by atoms with E-state index < -0.39 is 0 Å². The summed E-state index contributed by atoms with van der Waals surface area (Å²) < 4.78 is 7.17. The summed E-state index contributed by atoms with van der Waals surface area (Å²) in [6.45, 7) is 14.3. The second kappa shape index (κ2) is 24.5. The van der Waals surface area contributed by atoms with Crippen molar-refractivity contribution in [2.75, 3.05) is 0 Å². The molecule has 6 aromatic rings. The number of nitrogens with zero attached hydrogens (tertiary/aromatic N) is 2. The Labute approximate surface area is 332 Å². The van der Waals surface area contributed by atoms with Crippen LogP contribution in [0.2, 0.25) is 20.4 Å². The van der Waals surface area contributed by atoms with Gasteiger partial charge in [-0.25, -0.2) is 0 Å². The van der Waals surface area contributed by atoms with E-state index in [0.29, 0.717) is 26.1 Å². The van der Waals surface area contributed by atoms with Crippen LogP contribution in [0.3, 0.4) is 0 Å². The van der Waals surface area contributed by atoms with Crippen LogP contribution >= 0.6 is 46.4 Å². The Morgan fingerprint density at radius 1 is 0.615 bits per heavy atom. The number of aromatic nitrogens is 2. The molecule has 0 saturated heterocycles. The predicted octanol–water partition coefficient (Wildman–Crippen LogP) is 15.8. The number of hydrogen-bond donors (Lipinski definition) is 0. The average Bonchev–Trinajstić information content (AvgIpc) is 3.37. The zero-order chi connectivity index (χ0) is 38.5. The second-order valence-electron chi connectivity index (χ2n) is 12.1. The molecule has 0 aliphatic heterocycles. The van der Waals surface area contributed by atoms with Gasteiger partial charge in [-0.05, 0) is 101 Å². The monoisotopic (exact) mass is 776 g/mol. The van der Waals surface area contributed by atoms with Gasteiger partial charge in [0.25, 0.3) is 0 Å². The van der Waals surface area contributed by atoms with Crippen LogP contribution in [0.5, 0.6) is 11.5 Å². The Balaban J connectivity index is 0.000000231. The van der Waals surface area contributed by atoms with Gasteiger partial charge in [-0.3, -0.25) is 4.68 Å². The summed E-state index contributed by atoms with van der Waals surface area (Å²) in [5.41, 5.74) is 6.26. The highest BCUT2D eigenvalue weighted by atomic mass is 35.5. The van der Waals surface area contributed by atoms with E-state index in [1.165, 1.54) is 53.1 Å².